The minimum atomic E-state index is -0.462. The molecule has 0 radical (unpaired) electrons. The molecule has 0 aliphatic rings. The zero-order chi connectivity index (χ0) is 12.1. The molecular formula is C11H8Cl4O. The van der Waals surface area contributed by atoms with Crippen LogP contribution in [0.25, 0.3) is 0 Å². The van der Waals surface area contributed by atoms with Crippen LogP contribution < -0.4 is 0 Å². The highest BCUT2D eigenvalue weighted by Crippen LogP contribution is 2.30. The van der Waals surface area contributed by atoms with Crippen LogP contribution in [0.4, 0.5) is 0 Å². The Balaban J connectivity index is 3.06. The molecule has 1 aromatic carbocycles. The van der Waals surface area contributed by atoms with Crippen molar-refractivity contribution >= 4 is 51.6 Å². The van der Waals surface area contributed by atoms with E-state index >= 15 is 0 Å². The van der Waals surface area contributed by atoms with Crippen molar-refractivity contribution in [3.8, 4) is 0 Å². The maximum absolute atomic E-state index is 10.9. The predicted molar refractivity (Wildman–Crippen MR) is 69.5 cm³/mol. The summed E-state index contributed by atoms with van der Waals surface area (Å²) in [6.45, 7) is 0. The molecule has 16 heavy (non-hydrogen) atoms. The topological polar surface area (TPSA) is 17.1 Å². The highest BCUT2D eigenvalue weighted by molar-refractivity contribution is 6.63. The van der Waals surface area contributed by atoms with E-state index in [-0.39, 0.29) is 16.8 Å². The lowest BCUT2D eigenvalue weighted by atomic mass is 9.96. The third-order valence-electron chi connectivity index (χ3n) is 2.01. The number of hydrogen-bond acceptors (Lipinski definition) is 1. The molecule has 0 spiro atoms. The summed E-state index contributed by atoms with van der Waals surface area (Å²) in [7, 11) is 0. The number of benzene rings is 1. The van der Waals surface area contributed by atoms with Crippen LogP contribution in [-0.2, 0) is 4.79 Å². The summed E-state index contributed by atoms with van der Waals surface area (Å²) >= 11 is 22.6. The van der Waals surface area contributed by atoms with Gasteiger partial charge in [0, 0.05) is 17.4 Å². The molecule has 0 N–H and O–H groups in total. The lowest BCUT2D eigenvalue weighted by Crippen LogP contribution is -2.01. The van der Waals surface area contributed by atoms with Gasteiger partial charge in [-0.05, 0) is 29.3 Å². The Morgan fingerprint density at radius 1 is 1.25 bits per heavy atom. The van der Waals surface area contributed by atoms with Gasteiger partial charge in [0.1, 0.15) is 4.49 Å². The third-order valence-corrected chi connectivity index (χ3v) is 2.76. The van der Waals surface area contributed by atoms with Gasteiger partial charge in [-0.3, -0.25) is 4.79 Å². The summed E-state index contributed by atoms with van der Waals surface area (Å²) in [6, 6.07) is 7.17. The van der Waals surface area contributed by atoms with Gasteiger partial charge in [0.25, 0.3) is 0 Å². The van der Waals surface area contributed by atoms with E-state index in [1.807, 2.05) is 6.07 Å². The van der Waals surface area contributed by atoms with Gasteiger partial charge in [-0.15, -0.1) is 0 Å². The number of carbonyl (C=O) groups excluding carboxylic acids is 1. The highest BCUT2D eigenvalue weighted by Gasteiger charge is 2.15. The largest absolute Gasteiger partial charge is 0.281 e. The van der Waals surface area contributed by atoms with Crippen molar-refractivity contribution in [1.82, 2.24) is 0 Å². The molecule has 0 heterocycles. The number of allylic oxidation sites excluding steroid dienone is 1. The summed E-state index contributed by atoms with van der Waals surface area (Å²) in [5.74, 6) is -0.302. The van der Waals surface area contributed by atoms with Crippen molar-refractivity contribution in [2.45, 2.75) is 12.3 Å². The summed E-state index contributed by atoms with van der Waals surface area (Å²) in [4.78, 5) is 10.9. The number of rotatable bonds is 4. The third kappa shape index (κ3) is 4.34. The molecule has 1 aromatic rings. The van der Waals surface area contributed by atoms with Gasteiger partial charge < -0.3 is 0 Å². The number of carbonyl (C=O) groups is 1. The molecule has 5 heteroatoms. The van der Waals surface area contributed by atoms with Gasteiger partial charge in [-0.1, -0.05) is 53.0 Å². The molecule has 0 aliphatic carbocycles. The first-order valence-corrected chi connectivity index (χ1v) is 5.97. The van der Waals surface area contributed by atoms with Crippen molar-refractivity contribution in [3.05, 3.63) is 45.4 Å². The fraction of sp³-hybridized carbons (Fsp3) is 0.182. The molecule has 0 fully saturated rings. The first-order chi connectivity index (χ1) is 7.50. The molecule has 1 unspecified atom stereocenters. The lowest BCUT2D eigenvalue weighted by molar-refractivity contribution is -0.111. The van der Waals surface area contributed by atoms with Crippen molar-refractivity contribution in [2.75, 3.05) is 0 Å². The van der Waals surface area contributed by atoms with E-state index in [1.54, 1.807) is 24.3 Å². The number of hydrogen-bond donors (Lipinski definition) is 0. The molecule has 1 rings (SSSR count). The molecule has 86 valence electrons. The lowest BCUT2D eigenvalue weighted by Gasteiger charge is -2.12. The molecular weight excluding hydrogens is 290 g/mol. The van der Waals surface area contributed by atoms with Gasteiger partial charge in [0.15, 0.2) is 0 Å². The van der Waals surface area contributed by atoms with E-state index in [2.05, 4.69) is 0 Å². The Morgan fingerprint density at radius 2 is 1.88 bits per heavy atom. The average Bonchev–Trinajstić information content (AvgIpc) is 2.15. The monoisotopic (exact) mass is 296 g/mol. The van der Waals surface area contributed by atoms with Crippen LogP contribution in [0.2, 0.25) is 5.02 Å². The average molecular weight is 298 g/mol. The molecule has 0 bridgehead atoms. The first kappa shape index (κ1) is 13.9. The normalized spacial score (nSPS) is 12.0. The van der Waals surface area contributed by atoms with Crippen LogP contribution in [-0.4, -0.2) is 5.24 Å². The second kappa shape index (κ2) is 6.51. The van der Waals surface area contributed by atoms with Gasteiger partial charge in [-0.25, -0.2) is 0 Å². The maximum Gasteiger partial charge on any atom is 0.222 e. The Hall–Kier alpha value is -0.210. The van der Waals surface area contributed by atoms with Crippen LogP contribution in [0.3, 0.4) is 0 Å². The van der Waals surface area contributed by atoms with Crippen LogP contribution in [0.1, 0.15) is 17.9 Å². The van der Waals surface area contributed by atoms with Gasteiger partial charge in [0.05, 0.1) is 0 Å². The van der Waals surface area contributed by atoms with E-state index in [0.717, 1.165) is 5.56 Å². The van der Waals surface area contributed by atoms with E-state index in [1.165, 1.54) is 0 Å². The number of halogens is 4. The van der Waals surface area contributed by atoms with Crippen LogP contribution in [0.5, 0.6) is 0 Å². The smallest absolute Gasteiger partial charge is 0.222 e. The Morgan fingerprint density at radius 3 is 2.38 bits per heavy atom. The fourth-order valence-electron chi connectivity index (χ4n) is 1.36. The minimum absolute atomic E-state index is 0.0860. The zero-order valence-electron chi connectivity index (χ0n) is 8.09. The van der Waals surface area contributed by atoms with Gasteiger partial charge in [0.2, 0.25) is 5.24 Å². The van der Waals surface area contributed by atoms with Crippen LogP contribution in [0.15, 0.2) is 34.8 Å². The summed E-state index contributed by atoms with van der Waals surface area (Å²) in [5, 5.41) is 0.0898. The van der Waals surface area contributed by atoms with Crippen molar-refractivity contribution in [3.63, 3.8) is 0 Å². The van der Waals surface area contributed by atoms with Crippen molar-refractivity contribution < 1.29 is 4.79 Å². The van der Waals surface area contributed by atoms with Crippen molar-refractivity contribution in [1.29, 1.82) is 0 Å². The standard InChI is InChI=1S/C11H8Cl4O/c12-9-4-2-1-3-8(9)7(5-10(13)14)6-11(15)16/h1-5,7H,6H2. The second-order valence-corrected chi connectivity index (χ2v) is 4.98. The highest BCUT2D eigenvalue weighted by atomic mass is 35.5. The van der Waals surface area contributed by atoms with E-state index in [4.69, 9.17) is 46.4 Å². The van der Waals surface area contributed by atoms with Crippen molar-refractivity contribution in [2.24, 2.45) is 0 Å². The SMILES string of the molecule is O=C(Cl)CC(C=C(Cl)Cl)c1ccccc1Cl. The maximum atomic E-state index is 10.9. The Labute approximate surface area is 114 Å². The van der Waals surface area contributed by atoms with E-state index < -0.39 is 5.24 Å². The first-order valence-electron chi connectivity index (χ1n) is 4.46. The van der Waals surface area contributed by atoms with E-state index in [9.17, 15) is 4.79 Å². The van der Waals surface area contributed by atoms with Gasteiger partial charge >= 0.3 is 0 Å². The predicted octanol–water partition coefficient (Wildman–Crippen LogP) is 4.90. The minimum Gasteiger partial charge on any atom is -0.281 e. The molecule has 0 saturated carbocycles. The fourth-order valence-corrected chi connectivity index (χ4v) is 2.11. The van der Waals surface area contributed by atoms with Crippen LogP contribution in [0, 0.1) is 0 Å². The summed E-state index contributed by atoms with van der Waals surface area (Å²) in [6.07, 6.45) is 1.65. The molecule has 0 aliphatic heterocycles. The summed E-state index contributed by atoms with van der Waals surface area (Å²) in [5.41, 5.74) is 0.775. The Kier molecular flexibility index (Phi) is 5.63. The Bertz CT molecular complexity index is 410. The molecule has 0 amide bonds. The van der Waals surface area contributed by atoms with E-state index in [0.29, 0.717) is 5.02 Å². The zero-order valence-corrected chi connectivity index (χ0v) is 11.1. The summed E-state index contributed by atoms with van der Waals surface area (Å²) < 4.78 is 0.0860. The molecule has 1 atom stereocenters. The quantitative estimate of drug-likeness (QED) is 0.723. The molecule has 0 saturated heterocycles. The van der Waals surface area contributed by atoms with Gasteiger partial charge in [-0.2, -0.15) is 0 Å². The molecule has 1 nitrogen and oxygen atoms in total. The molecule has 0 aromatic heterocycles. The second-order valence-electron chi connectivity index (χ2n) is 3.14. The van der Waals surface area contributed by atoms with Crippen LogP contribution >= 0.6 is 46.4 Å².